The van der Waals surface area contributed by atoms with Crippen LogP contribution in [0.3, 0.4) is 0 Å². The summed E-state index contributed by atoms with van der Waals surface area (Å²) in [7, 11) is 0. The first-order valence-corrected chi connectivity index (χ1v) is 3.58. The first-order chi connectivity index (χ1) is 6.09. The Labute approximate surface area is 75.1 Å². The highest BCUT2D eigenvalue weighted by Crippen LogP contribution is 2.13. The van der Waals surface area contributed by atoms with Gasteiger partial charge < -0.3 is 15.5 Å². The van der Waals surface area contributed by atoms with Crippen molar-refractivity contribution in [1.29, 1.82) is 0 Å². The molecule has 0 atom stereocenters. The van der Waals surface area contributed by atoms with Gasteiger partial charge in [-0.05, 0) is 24.3 Å². The summed E-state index contributed by atoms with van der Waals surface area (Å²) in [6, 6.07) is 5.87. The van der Waals surface area contributed by atoms with E-state index in [4.69, 9.17) is 10.2 Å². The number of phenols is 1. The number of anilines is 1. The number of hydrogen-bond acceptors (Lipinski definition) is 3. The molecule has 0 saturated carbocycles. The number of amides is 1. The van der Waals surface area contributed by atoms with E-state index in [0.29, 0.717) is 5.69 Å². The highest BCUT2D eigenvalue weighted by Gasteiger charge is 2.03. The molecule has 0 aliphatic carbocycles. The molecule has 0 aliphatic heterocycles. The number of benzene rings is 1. The normalized spacial score (nSPS) is 9.23. The fraction of sp³-hybridized carbons (Fsp3) is 0. The molecule has 1 aromatic rings. The van der Waals surface area contributed by atoms with Crippen molar-refractivity contribution < 1.29 is 15.0 Å². The lowest BCUT2D eigenvalue weighted by atomic mass is 10.3. The van der Waals surface area contributed by atoms with Gasteiger partial charge in [-0.2, -0.15) is 0 Å². The van der Waals surface area contributed by atoms with E-state index >= 15 is 0 Å². The summed E-state index contributed by atoms with van der Waals surface area (Å²) in [5, 5.41) is 20.0. The summed E-state index contributed by atoms with van der Waals surface area (Å²) in [4.78, 5) is 10.9. The van der Waals surface area contributed by atoms with Crippen molar-refractivity contribution in [2.45, 2.75) is 0 Å². The molecule has 0 fully saturated rings. The molecule has 1 amide bonds. The van der Waals surface area contributed by atoms with E-state index < -0.39 is 11.7 Å². The minimum Gasteiger partial charge on any atom is -0.508 e. The van der Waals surface area contributed by atoms with Crippen molar-refractivity contribution in [2.75, 3.05) is 5.32 Å². The van der Waals surface area contributed by atoms with E-state index in [1.165, 1.54) is 24.3 Å². The van der Waals surface area contributed by atoms with Gasteiger partial charge >= 0.3 is 0 Å². The summed E-state index contributed by atoms with van der Waals surface area (Å²) in [5.41, 5.74) is 0.484. The van der Waals surface area contributed by atoms with Crippen LogP contribution in [0.5, 0.6) is 5.75 Å². The lowest BCUT2D eigenvalue weighted by Gasteiger charge is -2.02. The van der Waals surface area contributed by atoms with Crippen LogP contribution in [0.4, 0.5) is 5.69 Å². The fourth-order valence-corrected chi connectivity index (χ4v) is 0.748. The monoisotopic (exact) mass is 179 g/mol. The van der Waals surface area contributed by atoms with Crippen LogP contribution in [0.15, 0.2) is 36.6 Å². The van der Waals surface area contributed by atoms with Crippen LogP contribution >= 0.6 is 0 Å². The summed E-state index contributed by atoms with van der Waals surface area (Å²) in [6.07, 6.45) is 0. The van der Waals surface area contributed by atoms with Gasteiger partial charge in [-0.15, -0.1) is 0 Å². The number of carbonyl (C=O) groups is 1. The number of aromatic hydroxyl groups is 1. The topological polar surface area (TPSA) is 69.6 Å². The number of phenolic OH excluding ortho intramolecular Hbond substituents is 1. The Balaban J connectivity index is 2.70. The lowest BCUT2D eigenvalue weighted by molar-refractivity contribution is -0.115. The molecule has 68 valence electrons. The fourth-order valence-electron chi connectivity index (χ4n) is 0.748. The number of aliphatic hydroxyl groups excluding tert-OH is 1. The Morgan fingerprint density at radius 1 is 1.31 bits per heavy atom. The highest BCUT2D eigenvalue weighted by molar-refractivity contribution is 6.01. The van der Waals surface area contributed by atoms with Crippen LogP contribution in [0.25, 0.3) is 0 Å². The zero-order chi connectivity index (χ0) is 9.84. The third-order valence-electron chi connectivity index (χ3n) is 1.39. The number of nitrogens with one attached hydrogen (secondary N) is 1. The smallest absolute Gasteiger partial charge is 0.289 e. The first kappa shape index (κ1) is 9.12. The van der Waals surface area contributed by atoms with Gasteiger partial charge in [-0.3, -0.25) is 4.79 Å². The number of aliphatic hydroxyl groups is 1. The van der Waals surface area contributed by atoms with Crippen LogP contribution in [0.2, 0.25) is 0 Å². The molecule has 0 bridgehead atoms. The van der Waals surface area contributed by atoms with Gasteiger partial charge in [0.1, 0.15) is 5.75 Å². The second kappa shape index (κ2) is 3.62. The lowest BCUT2D eigenvalue weighted by Crippen LogP contribution is -2.12. The number of hydrogen-bond donors (Lipinski definition) is 3. The van der Waals surface area contributed by atoms with Crippen LogP contribution < -0.4 is 5.32 Å². The van der Waals surface area contributed by atoms with Gasteiger partial charge in [0, 0.05) is 5.69 Å². The largest absolute Gasteiger partial charge is 0.508 e. The average Bonchev–Trinajstić information content (AvgIpc) is 2.08. The molecule has 4 nitrogen and oxygen atoms in total. The molecule has 13 heavy (non-hydrogen) atoms. The summed E-state index contributed by atoms with van der Waals surface area (Å²) in [6.45, 7) is 3.06. The minimum atomic E-state index is -0.661. The summed E-state index contributed by atoms with van der Waals surface area (Å²) >= 11 is 0. The molecule has 0 unspecified atom stereocenters. The second-order valence-corrected chi connectivity index (χ2v) is 2.45. The van der Waals surface area contributed by atoms with E-state index in [2.05, 4.69) is 11.9 Å². The Bertz CT molecular complexity index is 329. The van der Waals surface area contributed by atoms with E-state index in [-0.39, 0.29) is 5.75 Å². The summed E-state index contributed by atoms with van der Waals surface area (Å²) < 4.78 is 0. The van der Waals surface area contributed by atoms with Crippen molar-refractivity contribution in [3.05, 3.63) is 36.6 Å². The summed E-state index contributed by atoms with van der Waals surface area (Å²) in [5.74, 6) is -1.10. The number of rotatable bonds is 2. The van der Waals surface area contributed by atoms with E-state index in [1.54, 1.807) is 0 Å². The Morgan fingerprint density at radius 3 is 2.31 bits per heavy atom. The Kier molecular flexibility index (Phi) is 2.54. The molecule has 1 rings (SSSR count). The maximum Gasteiger partial charge on any atom is 0.289 e. The molecule has 0 aromatic heterocycles. The van der Waals surface area contributed by atoms with Crippen molar-refractivity contribution >= 4 is 11.6 Å². The molecular weight excluding hydrogens is 170 g/mol. The SMILES string of the molecule is C=C(O)C(=O)Nc1ccc(O)cc1. The zero-order valence-electron chi connectivity index (χ0n) is 6.82. The zero-order valence-corrected chi connectivity index (χ0v) is 6.82. The Hall–Kier alpha value is -1.97. The maximum absolute atomic E-state index is 10.9. The average molecular weight is 179 g/mol. The van der Waals surface area contributed by atoms with Crippen molar-refractivity contribution in [3.8, 4) is 5.75 Å². The van der Waals surface area contributed by atoms with E-state index in [0.717, 1.165) is 0 Å². The van der Waals surface area contributed by atoms with Crippen LogP contribution in [-0.4, -0.2) is 16.1 Å². The van der Waals surface area contributed by atoms with Crippen molar-refractivity contribution in [3.63, 3.8) is 0 Å². The van der Waals surface area contributed by atoms with Gasteiger partial charge in [0.05, 0.1) is 0 Å². The maximum atomic E-state index is 10.9. The van der Waals surface area contributed by atoms with Crippen LogP contribution in [0.1, 0.15) is 0 Å². The molecule has 0 radical (unpaired) electrons. The molecule has 0 heterocycles. The predicted octanol–water partition coefficient (Wildman–Crippen LogP) is 1.40. The highest BCUT2D eigenvalue weighted by atomic mass is 16.3. The van der Waals surface area contributed by atoms with Gasteiger partial charge in [0.2, 0.25) is 0 Å². The van der Waals surface area contributed by atoms with Crippen LogP contribution in [-0.2, 0) is 4.79 Å². The van der Waals surface area contributed by atoms with Crippen LogP contribution in [0, 0.1) is 0 Å². The minimum absolute atomic E-state index is 0.112. The third kappa shape index (κ3) is 2.52. The van der Waals surface area contributed by atoms with E-state index in [1.807, 2.05) is 0 Å². The van der Waals surface area contributed by atoms with Gasteiger partial charge in [0.15, 0.2) is 5.76 Å². The standard InChI is InChI=1S/C9H9NO3/c1-6(11)9(13)10-7-2-4-8(12)5-3-7/h2-5,11-12H,1H2,(H,10,13). The molecule has 3 N–H and O–H groups in total. The first-order valence-electron chi connectivity index (χ1n) is 3.58. The molecular formula is C9H9NO3. The van der Waals surface area contributed by atoms with Gasteiger partial charge in [0.25, 0.3) is 5.91 Å². The molecule has 0 spiro atoms. The van der Waals surface area contributed by atoms with E-state index in [9.17, 15) is 4.79 Å². The second-order valence-electron chi connectivity index (χ2n) is 2.45. The van der Waals surface area contributed by atoms with Crippen molar-refractivity contribution in [1.82, 2.24) is 0 Å². The van der Waals surface area contributed by atoms with Gasteiger partial charge in [-0.1, -0.05) is 6.58 Å². The van der Waals surface area contributed by atoms with Gasteiger partial charge in [-0.25, -0.2) is 0 Å². The quantitative estimate of drug-likeness (QED) is 0.365. The molecule has 0 saturated heterocycles. The third-order valence-corrected chi connectivity index (χ3v) is 1.39. The Morgan fingerprint density at radius 2 is 1.85 bits per heavy atom. The predicted molar refractivity (Wildman–Crippen MR) is 48.5 cm³/mol. The number of carbonyl (C=O) groups excluding carboxylic acids is 1. The molecule has 4 heteroatoms. The van der Waals surface area contributed by atoms with Crippen molar-refractivity contribution in [2.24, 2.45) is 0 Å². The molecule has 1 aromatic carbocycles. The molecule has 0 aliphatic rings.